The molecule has 0 saturated heterocycles. The van der Waals surface area contributed by atoms with Crippen LogP contribution >= 0.6 is 0 Å². The molecule has 23 heavy (non-hydrogen) atoms. The van der Waals surface area contributed by atoms with E-state index in [0.717, 1.165) is 44.1 Å². The molecule has 1 aromatic carbocycles. The fraction of sp³-hybridized carbons (Fsp3) is 0.562. The van der Waals surface area contributed by atoms with E-state index in [4.69, 9.17) is 4.74 Å². The minimum Gasteiger partial charge on any atom is -0.382 e. The summed E-state index contributed by atoms with van der Waals surface area (Å²) in [6.07, 6.45) is 3.24. The number of hydrogen-bond donors (Lipinski definition) is 2. The molecular weight excluding hydrogens is 314 g/mol. The highest BCUT2D eigenvalue weighted by atomic mass is 32.2. The van der Waals surface area contributed by atoms with Gasteiger partial charge in [0.25, 0.3) is 0 Å². The number of unbranched alkanes of at least 4 members (excludes halogenated alkanes) is 1. The van der Waals surface area contributed by atoms with Crippen LogP contribution in [0.5, 0.6) is 0 Å². The number of rotatable bonds is 9. The molecule has 1 aromatic rings. The molecule has 0 amide bonds. The molecule has 130 valence electrons. The monoisotopic (exact) mass is 341 g/mol. The topological polar surface area (TPSA) is 79.8 Å². The van der Waals surface area contributed by atoms with Crippen LogP contribution in [0.15, 0.2) is 34.2 Å². The van der Waals surface area contributed by atoms with Crippen LogP contribution in [0.25, 0.3) is 0 Å². The van der Waals surface area contributed by atoms with Crippen LogP contribution in [0.2, 0.25) is 0 Å². The molecule has 0 fully saturated rings. The molecule has 0 atom stereocenters. The van der Waals surface area contributed by atoms with Gasteiger partial charge in [-0.2, -0.15) is 0 Å². The van der Waals surface area contributed by atoms with Crippen molar-refractivity contribution in [3.63, 3.8) is 0 Å². The standard InChI is InChI=1S/C16H27N3O3S/c1-4-22-12-6-5-11-18-16(17-2)19-13-14-7-9-15(10-8-14)23(3,20)21/h7-10H,4-6,11-13H2,1-3H3,(H2,17,18,19). The smallest absolute Gasteiger partial charge is 0.191 e. The first-order chi connectivity index (χ1) is 11.0. The molecule has 0 unspecified atom stereocenters. The first-order valence-electron chi connectivity index (χ1n) is 7.78. The Hall–Kier alpha value is -1.60. The summed E-state index contributed by atoms with van der Waals surface area (Å²) in [7, 11) is -1.42. The van der Waals surface area contributed by atoms with Crippen molar-refractivity contribution < 1.29 is 13.2 Å². The van der Waals surface area contributed by atoms with Gasteiger partial charge in [0, 0.05) is 39.6 Å². The molecule has 0 saturated carbocycles. The van der Waals surface area contributed by atoms with E-state index < -0.39 is 9.84 Å². The van der Waals surface area contributed by atoms with Crippen LogP contribution in [0.3, 0.4) is 0 Å². The zero-order chi connectivity index (χ0) is 17.1. The first kappa shape index (κ1) is 19.4. The maximum Gasteiger partial charge on any atom is 0.191 e. The van der Waals surface area contributed by atoms with Crippen LogP contribution < -0.4 is 10.6 Å². The number of benzene rings is 1. The fourth-order valence-corrected chi connectivity index (χ4v) is 2.57. The summed E-state index contributed by atoms with van der Waals surface area (Å²) in [6.45, 7) is 4.96. The van der Waals surface area contributed by atoms with E-state index in [2.05, 4.69) is 15.6 Å². The van der Waals surface area contributed by atoms with Gasteiger partial charge >= 0.3 is 0 Å². The van der Waals surface area contributed by atoms with Gasteiger partial charge in [-0.1, -0.05) is 12.1 Å². The van der Waals surface area contributed by atoms with Gasteiger partial charge in [0.1, 0.15) is 0 Å². The molecule has 7 heteroatoms. The summed E-state index contributed by atoms with van der Waals surface area (Å²) in [6, 6.07) is 6.85. The van der Waals surface area contributed by atoms with Crippen molar-refractivity contribution in [3.8, 4) is 0 Å². The van der Waals surface area contributed by atoms with Crippen LogP contribution in [-0.4, -0.2) is 47.4 Å². The molecule has 0 aliphatic carbocycles. The summed E-state index contributed by atoms with van der Waals surface area (Å²) in [5, 5.41) is 6.44. The summed E-state index contributed by atoms with van der Waals surface area (Å²) < 4.78 is 28.1. The Bertz CT molecular complexity index is 583. The molecule has 0 radical (unpaired) electrons. The zero-order valence-electron chi connectivity index (χ0n) is 14.1. The second-order valence-electron chi connectivity index (χ2n) is 5.17. The normalized spacial score (nSPS) is 12.2. The number of hydrogen-bond acceptors (Lipinski definition) is 4. The molecule has 0 aromatic heterocycles. The van der Waals surface area contributed by atoms with Crippen molar-refractivity contribution in [1.82, 2.24) is 10.6 Å². The van der Waals surface area contributed by atoms with Crippen molar-refractivity contribution >= 4 is 15.8 Å². The van der Waals surface area contributed by atoms with Gasteiger partial charge in [-0.05, 0) is 37.5 Å². The highest BCUT2D eigenvalue weighted by Crippen LogP contribution is 2.10. The third-order valence-corrected chi connectivity index (χ3v) is 4.38. The van der Waals surface area contributed by atoms with E-state index in [0.29, 0.717) is 11.4 Å². The largest absolute Gasteiger partial charge is 0.382 e. The van der Waals surface area contributed by atoms with Crippen molar-refractivity contribution in [2.24, 2.45) is 4.99 Å². The van der Waals surface area contributed by atoms with Crippen LogP contribution in [-0.2, 0) is 21.1 Å². The number of aliphatic imine (C=N–C) groups is 1. The summed E-state index contributed by atoms with van der Waals surface area (Å²) in [4.78, 5) is 4.49. The predicted octanol–water partition coefficient (Wildman–Crippen LogP) is 1.57. The number of nitrogens with one attached hydrogen (secondary N) is 2. The Kier molecular flexibility index (Phi) is 8.65. The fourth-order valence-electron chi connectivity index (χ4n) is 1.94. The molecule has 0 bridgehead atoms. The van der Waals surface area contributed by atoms with Gasteiger partial charge in [-0.3, -0.25) is 4.99 Å². The van der Waals surface area contributed by atoms with Gasteiger partial charge in [-0.25, -0.2) is 8.42 Å². The Morgan fingerprint density at radius 2 is 1.87 bits per heavy atom. The van der Waals surface area contributed by atoms with E-state index in [-0.39, 0.29) is 0 Å². The first-order valence-corrected chi connectivity index (χ1v) is 9.67. The molecule has 2 N–H and O–H groups in total. The number of nitrogens with zero attached hydrogens (tertiary/aromatic N) is 1. The Balaban J connectivity index is 2.34. The van der Waals surface area contributed by atoms with E-state index in [1.807, 2.05) is 6.92 Å². The second-order valence-corrected chi connectivity index (χ2v) is 7.19. The number of sulfone groups is 1. The van der Waals surface area contributed by atoms with Gasteiger partial charge in [-0.15, -0.1) is 0 Å². The van der Waals surface area contributed by atoms with Gasteiger partial charge < -0.3 is 15.4 Å². The molecule has 0 aliphatic rings. The summed E-state index contributed by atoms with van der Waals surface area (Å²) in [5.74, 6) is 0.730. The highest BCUT2D eigenvalue weighted by Gasteiger charge is 2.06. The lowest BCUT2D eigenvalue weighted by atomic mass is 10.2. The molecule has 1 rings (SSSR count). The third-order valence-electron chi connectivity index (χ3n) is 3.25. The van der Waals surface area contributed by atoms with Crippen molar-refractivity contribution in [3.05, 3.63) is 29.8 Å². The predicted molar refractivity (Wildman–Crippen MR) is 93.5 cm³/mol. The second kappa shape index (κ2) is 10.2. The molecule has 6 nitrogen and oxygen atoms in total. The average Bonchev–Trinajstić information content (AvgIpc) is 2.53. The number of guanidine groups is 1. The lowest BCUT2D eigenvalue weighted by Crippen LogP contribution is -2.37. The SMILES string of the molecule is CCOCCCCNC(=NC)NCc1ccc(S(C)(=O)=O)cc1. The minimum atomic E-state index is -3.14. The number of ether oxygens (including phenoxy) is 1. The van der Waals surface area contributed by atoms with Gasteiger partial charge in [0.2, 0.25) is 0 Å². The average molecular weight is 341 g/mol. The third kappa shape index (κ3) is 7.99. The van der Waals surface area contributed by atoms with Crippen LogP contribution in [0.1, 0.15) is 25.3 Å². The zero-order valence-corrected chi connectivity index (χ0v) is 14.9. The van der Waals surface area contributed by atoms with Gasteiger partial charge in [0.15, 0.2) is 15.8 Å². The summed E-state index contributed by atoms with van der Waals surface area (Å²) in [5.41, 5.74) is 0.997. The molecule has 0 heterocycles. The quantitative estimate of drug-likeness (QED) is 0.405. The van der Waals surface area contributed by atoms with Crippen molar-refractivity contribution in [2.45, 2.75) is 31.2 Å². The minimum absolute atomic E-state index is 0.332. The van der Waals surface area contributed by atoms with Crippen LogP contribution in [0, 0.1) is 0 Å². The van der Waals surface area contributed by atoms with Crippen LogP contribution in [0.4, 0.5) is 0 Å². The van der Waals surface area contributed by atoms with Crippen molar-refractivity contribution in [1.29, 1.82) is 0 Å². The van der Waals surface area contributed by atoms with E-state index in [9.17, 15) is 8.42 Å². The highest BCUT2D eigenvalue weighted by molar-refractivity contribution is 7.90. The maximum absolute atomic E-state index is 11.4. The van der Waals surface area contributed by atoms with E-state index in [1.165, 1.54) is 6.26 Å². The van der Waals surface area contributed by atoms with E-state index in [1.54, 1.807) is 31.3 Å². The summed E-state index contributed by atoms with van der Waals surface area (Å²) >= 11 is 0. The Labute approximate surface area is 139 Å². The molecule has 0 spiro atoms. The Morgan fingerprint density at radius 1 is 1.17 bits per heavy atom. The maximum atomic E-state index is 11.4. The van der Waals surface area contributed by atoms with Crippen molar-refractivity contribution in [2.75, 3.05) is 33.1 Å². The lowest BCUT2D eigenvalue weighted by molar-refractivity contribution is 0.143. The molecule has 0 aliphatic heterocycles. The lowest BCUT2D eigenvalue weighted by Gasteiger charge is -2.12. The van der Waals surface area contributed by atoms with E-state index >= 15 is 0 Å². The Morgan fingerprint density at radius 3 is 2.43 bits per heavy atom. The molecular formula is C16H27N3O3S. The van der Waals surface area contributed by atoms with Gasteiger partial charge in [0.05, 0.1) is 4.90 Å².